The summed E-state index contributed by atoms with van der Waals surface area (Å²) in [6, 6.07) is 16.3. The Morgan fingerprint density at radius 3 is 2.66 bits per heavy atom. The van der Waals surface area contributed by atoms with E-state index in [-0.39, 0.29) is 5.91 Å². The predicted molar refractivity (Wildman–Crippen MR) is 116 cm³/mol. The molecule has 0 radical (unpaired) electrons. The number of hydrogen-bond acceptors (Lipinski definition) is 5. The van der Waals surface area contributed by atoms with E-state index in [1.54, 1.807) is 11.8 Å². The molecule has 2 aromatic carbocycles. The summed E-state index contributed by atoms with van der Waals surface area (Å²) in [5.41, 5.74) is 4.77. The molecule has 0 bridgehead atoms. The van der Waals surface area contributed by atoms with Gasteiger partial charge in [-0.15, -0.1) is 0 Å². The minimum Gasteiger partial charge on any atom is -0.378 e. The Morgan fingerprint density at radius 2 is 1.79 bits per heavy atom. The Morgan fingerprint density at radius 1 is 1.00 bits per heavy atom. The molecule has 3 heterocycles. The van der Waals surface area contributed by atoms with Crippen LogP contribution < -0.4 is 10.2 Å². The first kappa shape index (κ1) is 18.2. The van der Waals surface area contributed by atoms with Gasteiger partial charge in [0.2, 0.25) is 0 Å². The number of benzene rings is 2. The molecule has 0 atom stereocenters. The third-order valence-corrected chi connectivity index (χ3v) is 6.39. The van der Waals surface area contributed by atoms with Gasteiger partial charge in [-0.3, -0.25) is 4.79 Å². The van der Waals surface area contributed by atoms with Crippen molar-refractivity contribution in [3.05, 3.63) is 65.9 Å². The SMILES string of the molecule is Cc1ccc2c(c1)NC(=O)c1cc(-c3ccnc(N4CCOCC4)c3)ccc1S2. The third-order valence-electron chi connectivity index (χ3n) is 5.24. The lowest BCUT2D eigenvalue weighted by atomic mass is 10.0. The van der Waals surface area contributed by atoms with Gasteiger partial charge >= 0.3 is 0 Å². The Hall–Kier alpha value is -2.83. The number of fused-ring (bicyclic) bond motifs is 2. The van der Waals surface area contributed by atoms with Crippen molar-refractivity contribution < 1.29 is 9.53 Å². The number of amides is 1. The molecule has 29 heavy (non-hydrogen) atoms. The van der Waals surface area contributed by atoms with Gasteiger partial charge in [0.15, 0.2) is 0 Å². The fourth-order valence-electron chi connectivity index (χ4n) is 3.68. The Balaban J connectivity index is 1.49. The van der Waals surface area contributed by atoms with Gasteiger partial charge in [-0.05, 0) is 60.0 Å². The van der Waals surface area contributed by atoms with E-state index >= 15 is 0 Å². The smallest absolute Gasteiger partial charge is 0.256 e. The van der Waals surface area contributed by atoms with Gasteiger partial charge in [-0.1, -0.05) is 23.9 Å². The highest BCUT2D eigenvalue weighted by Crippen LogP contribution is 2.40. The lowest BCUT2D eigenvalue weighted by Crippen LogP contribution is -2.36. The van der Waals surface area contributed by atoms with Crippen LogP contribution in [0.2, 0.25) is 0 Å². The van der Waals surface area contributed by atoms with Crippen LogP contribution in [0.4, 0.5) is 11.5 Å². The van der Waals surface area contributed by atoms with Gasteiger partial charge in [0.25, 0.3) is 5.91 Å². The van der Waals surface area contributed by atoms with Gasteiger partial charge in [0, 0.05) is 29.1 Å². The minimum absolute atomic E-state index is 0.0684. The first-order valence-electron chi connectivity index (χ1n) is 9.70. The maximum absolute atomic E-state index is 12.9. The van der Waals surface area contributed by atoms with Crippen molar-refractivity contribution in [2.24, 2.45) is 0 Å². The summed E-state index contributed by atoms with van der Waals surface area (Å²) in [5, 5.41) is 3.07. The van der Waals surface area contributed by atoms with Crippen LogP contribution >= 0.6 is 11.8 Å². The molecule has 0 spiro atoms. The molecule has 1 amide bonds. The number of nitrogens with zero attached hydrogens (tertiary/aromatic N) is 2. The van der Waals surface area contributed by atoms with Crippen molar-refractivity contribution in [1.29, 1.82) is 0 Å². The number of hydrogen-bond donors (Lipinski definition) is 1. The van der Waals surface area contributed by atoms with E-state index in [9.17, 15) is 4.79 Å². The van der Waals surface area contributed by atoms with Crippen molar-refractivity contribution in [3.8, 4) is 11.1 Å². The highest BCUT2D eigenvalue weighted by Gasteiger charge is 2.21. The zero-order chi connectivity index (χ0) is 19.8. The van der Waals surface area contributed by atoms with Gasteiger partial charge < -0.3 is 15.0 Å². The number of ether oxygens (including phenoxy) is 1. The molecule has 3 aromatic rings. The molecule has 1 N–H and O–H groups in total. The highest BCUT2D eigenvalue weighted by molar-refractivity contribution is 7.99. The number of pyridine rings is 1. The summed E-state index contributed by atoms with van der Waals surface area (Å²) >= 11 is 1.63. The van der Waals surface area contributed by atoms with Crippen molar-refractivity contribution in [3.63, 3.8) is 0 Å². The number of anilines is 2. The van der Waals surface area contributed by atoms with Gasteiger partial charge in [-0.25, -0.2) is 4.98 Å². The Bertz CT molecular complexity index is 1090. The van der Waals surface area contributed by atoms with Crippen LogP contribution in [0.3, 0.4) is 0 Å². The van der Waals surface area contributed by atoms with E-state index in [2.05, 4.69) is 39.5 Å². The maximum atomic E-state index is 12.9. The number of nitrogens with one attached hydrogen (secondary N) is 1. The maximum Gasteiger partial charge on any atom is 0.256 e. The van der Waals surface area contributed by atoms with Gasteiger partial charge in [0.05, 0.1) is 24.5 Å². The molecule has 0 unspecified atom stereocenters. The number of morpholine rings is 1. The van der Waals surface area contributed by atoms with Crippen LogP contribution in [0.1, 0.15) is 15.9 Å². The second kappa shape index (κ2) is 7.54. The second-order valence-corrected chi connectivity index (χ2v) is 8.35. The van der Waals surface area contributed by atoms with Crippen molar-refractivity contribution in [1.82, 2.24) is 4.98 Å². The summed E-state index contributed by atoms with van der Waals surface area (Å²) in [7, 11) is 0. The summed E-state index contributed by atoms with van der Waals surface area (Å²) in [4.78, 5) is 21.7. The quantitative estimate of drug-likeness (QED) is 0.677. The molecule has 0 aliphatic carbocycles. The lowest BCUT2D eigenvalue weighted by Gasteiger charge is -2.28. The summed E-state index contributed by atoms with van der Waals surface area (Å²) in [6.45, 7) is 5.17. The van der Waals surface area contributed by atoms with E-state index in [0.717, 1.165) is 64.3 Å². The average molecular weight is 404 g/mol. The molecule has 6 heteroatoms. The number of rotatable bonds is 2. The molecule has 1 saturated heterocycles. The molecular formula is C23H21N3O2S. The minimum atomic E-state index is -0.0684. The molecule has 2 aliphatic heterocycles. The highest BCUT2D eigenvalue weighted by atomic mass is 32.2. The standard InChI is InChI=1S/C23H21N3O2S/c1-15-2-4-21-19(12-15)25-23(27)18-13-16(3-5-20(18)29-21)17-6-7-24-22(14-17)26-8-10-28-11-9-26/h2-7,12-14H,8-11H2,1H3,(H,25,27). The number of aryl methyl sites for hydroxylation is 1. The summed E-state index contributed by atoms with van der Waals surface area (Å²) in [6.07, 6.45) is 1.83. The molecule has 146 valence electrons. The third kappa shape index (κ3) is 3.61. The van der Waals surface area contributed by atoms with E-state index in [0.29, 0.717) is 5.56 Å². The van der Waals surface area contributed by atoms with Crippen LogP contribution in [0.15, 0.2) is 64.5 Å². The zero-order valence-electron chi connectivity index (χ0n) is 16.1. The molecule has 2 aliphatic rings. The summed E-state index contributed by atoms with van der Waals surface area (Å²) < 4.78 is 5.44. The molecule has 5 rings (SSSR count). The van der Waals surface area contributed by atoms with Crippen molar-refractivity contribution >= 4 is 29.2 Å². The monoisotopic (exact) mass is 403 g/mol. The largest absolute Gasteiger partial charge is 0.378 e. The first-order chi connectivity index (χ1) is 14.2. The normalized spacial score (nSPS) is 15.9. The Labute approximate surface area is 174 Å². The Kier molecular flexibility index (Phi) is 4.73. The zero-order valence-corrected chi connectivity index (χ0v) is 17.0. The first-order valence-corrected chi connectivity index (χ1v) is 10.5. The van der Waals surface area contributed by atoms with Crippen molar-refractivity contribution in [2.45, 2.75) is 16.7 Å². The molecule has 1 aromatic heterocycles. The van der Waals surface area contributed by atoms with E-state index in [1.807, 2.05) is 37.4 Å². The van der Waals surface area contributed by atoms with Crippen LogP contribution in [-0.4, -0.2) is 37.2 Å². The second-order valence-electron chi connectivity index (χ2n) is 7.27. The van der Waals surface area contributed by atoms with E-state index in [1.165, 1.54) is 0 Å². The van der Waals surface area contributed by atoms with E-state index < -0.39 is 0 Å². The van der Waals surface area contributed by atoms with Gasteiger partial charge in [0.1, 0.15) is 5.82 Å². The number of aromatic nitrogens is 1. The average Bonchev–Trinajstić information content (AvgIpc) is 2.89. The van der Waals surface area contributed by atoms with Crippen LogP contribution in [-0.2, 0) is 4.74 Å². The van der Waals surface area contributed by atoms with Gasteiger partial charge in [-0.2, -0.15) is 0 Å². The fraction of sp³-hybridized carbons (Fsp3) is 0.217. The molecule has 0 saturated carbocycles. The lowest BCUT2D eigenvalue weighted by molar-refractivity contribution is 0.102. The van der Waals surface area contributed by atoms with E-state index in [4.69, 9.17) is 4.74 Å². The van der Waals surface area contributed by atoms with Crippen LogP contribution in [0.25, 0.3) is 11.1 Å². The topological polar surface area (TPSA) is 54.5 Å². The molecular weight excluding hydrogens is 382 g/mol. The molecule has 5 nitrogen and oxygen atoms in total. The summed E-state index contributed by atoms with van der Waals surface area (Å²) in [5.74, 6) is 0.878. The van der Waals surface area contributed by atoms with Crippen LogP contribution in [0.5, 0.6) is 0 Å². The number of carbonyl (C=O) groups excluding carboxylic acids is 1. The van der Waals surface area contributed by atoms with Crippen LogP contribution in [0, 0.1) is 6.92 Å². The molecule has 1 fully saturated rings. The van der Waals surface area contributed by atoms with Crippen molar-refractivity contribution in [2.75, 3.05) is 36.5 Å². The fourth-order valence-corrected chi connectivity index (χ4v) is 4.67. The number of carbonyl (C=O) groups is 1. The predicted octanol–water partition coefficient (Wildman–Crippen LogP) is 4.61.